The molecule has 1 saturated heterocycles. The van der Waals surface area contributed by atoms with Crippen molar-refractivity contribution < 1.29 is 14.0 Å². The van der Waals surface area contributed by atoms with Gasteiger partial charge in [-0.05, 0) is 23.8 Å². The third-order valence-corrected chi connectivity index (χ3v) is 6.78. The molecule has 0 saturated carbocycles. The molecule has 2 atom stereocenters. The number of nitrogens with zero attached hydrogens (tertiary/aromatic N) is 3. The molecule has 2 aromatic carbocycles. The second kappa shape index (κ2) is 8.45. The standard InChI is InChI=1S/C20H17Cl2FN4O2S/c1-26-17-16(18(28)25-19(26)29)27(9-11-5-2-3-6-13(11)21)20(24-17)30-10-12-14(22)7-4-8-15(12)23/h2-8,16-17H,9-10H2,1H3,(H,25,28,29). The van der Waals surface area contributed by atoms with Crippen LogP contribution < -0.4 is 5.32 Å². The van der Waals surface area contributed by atoms with Gasteiger partial charge in [-0.25, -0.2) is 14.2 Å². The number of urea groups is 1. The molecule has 2 aliphatic rings. The number of fused-ring (bicyclic) bond motifs is 1. The molecular weight excluding hydrogens is 450 g/mol. The smallest absolute Gasteiger partial charge is 0.325 e. The van der Waals surface area contributed by atoms with Gasteiger partial charge in [-0.3, -0.25) is 10.1 Å². The number of hydrogen-bond acceptors (Lipinski definition) is 5. The summed E-state index contributed by atoms with van der Waals surface area (Å²) in [6, 6.07) is 10.6. The molecule has 2 aliphatic heterocycles. The number of carbonyl (C=O) groups excluding carboxylic acids is 2. The minimum absolute atomic E-state index is 0.224. The van der Waals surface area contributed by atoms with E-state index >= 15 is 0 Å². The number of amidine groups is 1. The van der Waals surface area contributed by atoms with Gasteiger partial charge in [0, 0.05) is 35.0 Å². The summed E-state index contributed by atoms with van der Waals surface area (Å²) in [4.78, 5) is 32.5. The predicted octanol–water partition coefficient (Wildman–Crippen LogP) is 4.11. The first-order valence-corrected chi connectivity index (χ1v) is 10.8. The van der Waals surface area contributed by atoms with Crippen LogP contribution in [0.5, 0.6) is 0 Å². The summed E-state index contributed by atoms with van der Waals surface area (Å²) in [6.45, 7) is 0.313. The van der Waals surface area contributed by atoms with E-state index in [1.807, 2.05) is 18.2 Å². The average Bonchev–Trinajstić information content (AvgIpc) is 3.06. The number of imide groups is 1. The number of thioether (sulfide) groups is 1. The number of benzene rings is 2. The molecule has 30 heavy (non-hydrogen) atoms. The van der Waals surface area contributed by atoms with Crippen molar-refractivity contribution in [3.8, 4) is 0 Å². The van der Waals surface area contributed by atoms with Crippen molar-refractivity contribution in [3.63, 3.8) is 0 Å². The highest BCUT2D eigenvalue weighted by Gasteiger charge is 2.48. The molecule has 0 spiro atoms. The largest absolute Gasteiger partial charge is 0.331 e. The number of rotatable bonds is 4. The van der Waals surface area contributed by atoms with Crippen LogP contribution in [-0.2, 0) is 17.1 Å². The quantitative estimate of drug-likeness (QED) is 0.735. The summed E-state index contributed by atoms with van der Waals surface area (Å²) in [5, 5.41) is 3.75. The second-order valence-corrected chi connectivity index (χ2v) is 8.64. The Bertz CT molecular complexity index is 1030. The van der Waals surface area contributed by atoms with Crippen molar-refractivity contribution in [1.82, 2.24) is 15.1 Å². The van der Waals surface area contributed by atoms with Gasteiger partial charge in [0.2, 0.25) is 0 Å². The maximum atomic E-state index is 14.2. The first-order valence-electron chi connectivity index (χ1n) is 9.08. The molecule has 0 aliphatic carbocycles. The minimum atomic E-state index is -0.706. The van der Waals surface area contributed by atoms with E-state index in [0.717, 1.165) is 5.56 Å². The lowest BCUT2D eigenvalue weighted by Crippen LogP contribution is -2.63. The van der Waals surface area contributed by atoms with E-state index in [-0.39, 0.29) is 5.75 Å². The van der Waals surface area contributed by atoms with Gasteiger partial charge in [-0.15, -0.1) is 0 Å². The highest BCUT2D eigenvalue weighted by Crippen LogP contribution is 2.33. The molecule has 0 radical (unpaired) electrons. The molecule has 10 heteroatoms. The summed E-state index contributed by atoms with van der Waals surface area (Å²) < 4.78 is 14.2. The fourth-order valence-electron chi connectivity index (χ4n) is 3.40. The molecule has 1 N–H and O–H groups in total. The number of aliphatic imine (C=N–C) groups is 1. The fourth-order valence-corrected chi connectivity index (χ4v) is 5.00. The Morgan fingerprint density at radius 2 is 1.87 bits per heavy atom. The van der Waals surface area contributed by atoms with E-state index in [9.17, 15) is 14.0 Å². The number of carbonyl (C=O) groups is 2. The van der Waals surface area contributed by atoms with Crippen molar-refractivity contribution in [2.75, 3.05) is 7.05 Å². The molecule has 2 unspecified atom stereocenters. The molecule has 3 amide bonds. The lowest BCUT2D eigenvalue weighted by atomic mass is 10.1. The van der Waals surface area contributed by atoms with E-state index in [2.05, 4.69) is 10.3 Å². The Hall–Kier alpha value is -2.29. The van der Waals surface area contributed by atoms with Gasteiger partial charge in [0.05, 0.1) is 0 Å². The summed E-state index contributed by atoms with van der Waals surface area (Å²) in [7, 11) is 1.58. The van der Waals surface area contributed by atoms with Crippen molar-refractivity contribution in [3.05, 3.63) is 69.5 Å². The monoisotopic (exact) mass is 466 g/mol. The topological polar surface area (TPSA) is 65.0 Å². The number of likely N-dealkylation sites (N-methyl/N-ethyl adjacent to an activating group) is 1. The van der Waals surface area contributed by atoms with Gasteiger partial charge < -0.3 is 9.80 Å². The van der Waals surface area contributed by atoms with Crippen LogP contribution in [0.15, 0.2) is 47.5 Å². The summed E-state index contributed by atoms with van der Waals surface area (Å²) in [5.74, 6) is -0.616. The number of hydrogen-bond donors (Lipinski definition) is 1. The predicted molar refractivity (Wildman–Crippen MR) is 116 cm³/mol. The lowest BCUT2D eigenvalue weighted by Gasteiger charge is -2.36. The molecule has 6 nitrogen and oxygen atoms in total. The first-order chi connectivity index (χ1) is 14.4. The van der Waals surface area contributed by atoms with Crippen LogP contribution >= 0.6 is 35.0 Å². The van der Waals surface area contributed by atoms with Gasteiger partial charge in [-0.2, -0.15) is 0 Å². The van der Waals surface area contributed by atoms with Gasteiger partial charge >= 0.3 is 6.03 Å². The second-order valence-electron chi connectivity index (χ2n) is 6.88. The normalized spacial score (nSPS) is 20.9. The molecule has 156 valence electrons. The summed E-state index contributed by atoms with van der Waals surface area (Å²) in [6.07, 6.45) is -0.674. The zero-order valence-corrected chi connectivity index (χ0v) is 18.1. The van der Waals surface area contributed by atoms with Gasteiger partial charge in [0.1, 0.15) is 5.82 Å². The zero-order chi connectivity index (χ0) is 21.4. The van der Waals surface area contributed by atoms with Gasteiger partial charge in [0.25, 0.3) is 5.91 Å². The Morgan fingerprint density at radius 3 is 2.60 bits per heavy atom. The van der Waals surface area contributed by atoms with Crippen LogP contribution in [0.2, 0.25) is 10.0 Å². The molecule has 1 fully saturated rings. The number of nitrogens with one attached hydrogen (secondary N) is 1. The highest BCUT2D eigenvalue weighted by molar-refractivity contribution is 8.13. The van der Waals surface area contributed by atoms with Crippen LogP contribution in [0.4, 0.5) is 9.18 Å². The third-order valence-electron chi connectivity index (χ3n) is 5.03. The Balaban J connectivity index is 1.65. The van der Waals surface area contributed by atoms with E-state index in [4.69, 9.17) is 23.2 Å². The number of halogens is 3. The summed E-state index contributed by atoms with van der Waals surface area (Å²) in [5.41, 5.74) is 1.16. The molecular formula is C20H17Cl2FN4O2S. The van der Waals surface area contributed by atoms with E-state index in [1.54, 1.807) is 30.1 Å². The number of amides is 3. The fraction of sp³-hybridized carbons (Fsp3) is 0.250. The van der Waals surface area contributed by atoms with Crippen LogP contribution in [0, 0.1) is 5.82 Å². The van der Waals surface area contributed by atoms with E-state index in [1.165, 1.54) is 22.7 Å². The highest BCUT2D eigenvalue weighted by atomic mass is 35.5. The summed E-state index contributed by atoms with van der Waals surface area (Å²) >= 11 is 13.7. The Labute approximate surface area is 187 Å². The van der Waals surface area contributed by atoms with Crippen LogP contribution in [0.25, 0.3) is 0 Å². The van der Waals surface area contributed by atoms with Crippen molar-refractivity contribution in [2.24, 2.45) is 4.99 Å². The third kappa shape index (κ3) is 3.87. The first kappa shape index (κ1) is 21.0. The maximum absolute atomic E-state index is 14.2. The average molecular weight is 467 g/mol. The Morgan fingerprint density at radius 1 is 1.13 bits per heavy atom. The molecule has 0 aromatic heterocycles. The van der Waals surface area contributed by atoms with Crippen LogP contribution in [0.1, 0.15) is 11.1 Å². The maximum Gasteiger partial charge on any atom is 0.325 e. The Kier molecular flexibility index (Phi) is 5.90. The lowest BCUT2D eigenvalue weighted by molar-refractivity contribution is -0.127. The van der Waals surface area contributed by atoms with Crippen molar-refractivity contribution >= 4 is 52.1 Å². The van der Waals surface area contributed by atoms with E-state index < -0.39 is 30.0 Å². The van der Waals surface area contributed by atoms with Crippen molar-refractivity contribution in [2.45, 2.75) is 24.5 Å². The van der Waals surface area contributed by atoms with Gasteiger partial charge in [-0.1, -0.05) is 59.2 Å². The van der Waals surface area contributed by atoms with Crippen LogP contribution in [-0.4, -0.2) is 46.2 Å². The van der Waals surface area contributed by atoms with E-state index in [0.29, 0.717) is 27.3 Å². The zero-order valence-electron chi connectivity index (χ0n) is 15.8. The minimum Gasteiger partial charge on any atom is -0.331 e. The SMILES string of the molecule is CN1C(=O)NC(=O)C2C1N=C(SCc1c(F)cccc1Cl)N2Cc1ccccc1Cl. The van der Waals surface area contributed by atoms with Crippen LogP contribution in [0.3, 0.4) is 0 Å². The molecule has 2 heterocycles. The molecule has 2 aromatic rings. The van der Waals surface area contributed by atoms with Crippen molar-refractivity contribution in [1.29, 1.82) is 0 Å². The van der Waals surface area contributed by atoms with Gasteiger partial charge in [0.15, 0.2) is 17.4 Å². The molecule has 4 rings (SSSR count). The molecule has 0 bridgehead atoms.